The SMILES string of the molecule is CCCCCCCCCCCOc1cccc(C2=c3ccc([nH]3)=Cc3ccc([nH]3)C(c3cccc(O)c3)=c3ccc([nH]3)=Cc3ccc2[nH]3)c1. The Morgan fingerprint density at radius 1 is 0.531 bits per heavy atom. The second kappa shape index (κ2) is 15.2. The Kier molecular flexibility index (Phi) is 10.0. The standard InChI is InChI=1S/C43H46N4O2/c1-2-3-4-5-6-7-8-9-10-25-49-37-16-12-14-31(27-37)43-40-23-19-34(46-40)28-32-17-21-38(44-32)42(30-13-11-15-36(48)26-30)39-22-18-33(45-39)29-35-20-24-41(43)47-35/h11-24,26-29,44-48H,2-10,25H2,1H3. The Morgan fingerprint density at radius 3 is 1.67 bits per heavy atom. The van der Waals surface area contributed by atoms with Crippen molar-refractivity contribution in [3.8, 4) is 11.5 Å². The van der Waals surface area contributed by atoms with Gasteiger partial charge in [0, 0.05) is 55.3 Å². The summed E-state index contributed by atoms with van der Waals surface area (Å²) < 4.78 is 6.27. The average molecular weight is 651 g/mol. The molecule has 0 saturated heterocycles. The van der Waals surface area contributed by atoms with Gasteiger partial charge in [-0.3, -0.25) is 0 Å². The van der Waals surface area contributed by atoms with E-state index in [4.69, 9.17) is 4.74 Å². The number of phenols is 1. The van der Waals surface area contributed by atoms with Crippen LogP contribution in [0.25, 0.3) is 23.3 Å². The second-order valence-electron chi connectivity index (χ2n) is 13.1. The molecule has 8 bridgehead atoms. The van der Waals surface area contributed by atoms with Crippen molar-refractivity contribution in [3.05, 3.63) is 152 Å². The normalized spacial score (nSPS) is 12.5. The van der Waals surface area contributed by atoms with Crippen LogP contribution in [0.2, 0.25) is 0 Å². The maximum absolute atomic E-state index is 10.3. The van der Waals surface area contributed by atoms with Gasteiger partial charge in [-0.2, -0.15) is 0 Å². The van der Waals surface area contributed by atoms with E-state index < -0.39 is 0 Å². The van der Waals surface area contributed by atoms with Crippen LogP contribution < -0.4 is 26.1 Å². The van der Waals surface area contributed by atoms with Crippen LogP contribution in [0.4, 0.5) is 0 Å². The highest BCUT2D eigenvalue weighted by atomic mass is 16.5. The van der Waals surface area contributed by atoms with Gasteiger partial charge in [0.15, 0.2) is 0 Å². The molecule has 6 aromatic rings. The predicted octanol–water partition coefficient (Wildman–Crippen LogP) is 7.08. The summed E-state index contributed by atoms with van der Waals surface area (Å²) in [6.07, 6.45) is 15.9. The van der Waals surface area contributed by atoms with Crippen molar-refractivity contribution >= 4 is 23.3 Å². The highest BCUT2D eigenvalue weighted by molar-refractivity contribution is 5.80. The summed E-state index contributed by atoms with van der Waals surface area (Å²) >= 11 is 0. The lowest BCUT2D eigenvalue weighted by Gasteiger charge is -2.10. The molecule has 7 rings (SSSR count). The number of hydrogen-bond donors (Lipinski definition) is 5. The molecular weight excluding hydrogens is 604 g/mol. The number of H-pyrrole nitrogens is 4. The first-order valence-corrected chi connectivity index (χ1v) is 17.9. The van der Waals surface area contributed by atoms with Crippen molar-refractivity contribution in [2.24, 2.45) is 0 Å². The summed E-state index contributed by atoms with van der Waals surface area (Å²) in [7, 11) is 0. The molecule has 1 aliphatic rings. The molecule has 1 aliphatic heterocycles. The average Bonchev–Trinajstić information content (AvgIpc) is 3.93. The molecule has 4 aromatic heterocycles. The molecule has 0 aliphatic carbocycles. The van der Waals surface area contributed by atoms with Crippen molar-refractivity contribution in [1.29, 1.82) is 0 Å². The number of ether oxygens (including phenoxy) is 1. The summed E-state index contributed by atoms with van der Waals surface area (Å²) in [5.74, 6) is 1.12. The number of phenolic OH excluding ortho intramolecular Hbond substituents is 1. The molecule has 6 nitrogen and oxygen atoms in total. The van der Waals surface area contributed by atoms with Gasteiger partial charge in [0.25, 0.3) is 0 Å². The van der Waals surface area contributed by atoms with E-state index >= 15 is 0 Å². The summed E-state index contributed by atoms with van der Waals surface area (Å²) in [5.41, 5.74) is 8.01. The molecule has 49 heavy (non-hydrogen) atoms. The molecule has 0 radical (unpaired) electrons. The van der Waals surface area contributed by atoms with Gasteiger partial charge in [0.2, 0.25) is 0 Å². The third-order valence-electron chi connectivity index (χ3n) is 9.31. The Balaban J connectivity index is 1.20. The fraction of sp³-hybridized carbons (Fsp3) is 0.256. The molecular formula is C43H46N4O2. The molecule has 0 unspecified atom stereocenters. The van der Waals surface area contributed by atoms with Crippen LogP contribution in [0.3, 0.4) is 0 Å². The van der Waals surface area contributed by atoms with Crippen LogP contribution in [-0.4, -0.2) is 31.6 Å². The van der Waals surface area contributed by atoms with Crippen LogP contribution in [0.5, 0.6) is 11.5 Å². The number of fused-ring (bicyclic) bond motifs is 8. The highest BCUT2D eigenvalue weighted by Gasteiger charge is 2.13. The van der Waals surface area contributed by atoms with Gasteiger partial charge in [-0.1, -0.05) is 82.6 Å². The Hall–Kier alpha value is -5.36. The van der Waals surface area contributed by atoms with Gasteiger partial charge < -0.3 is 29.8 Å². The number of aromatic nitrogens is 4. The van der Waals surface area contributed by atoms with Crippen LogP contribution in [-0.2, 0) is 0 Å². The molecule has 2 aromatic carbocycles. The van der Waals surface area contributed by atoms with Crippen LogP contribution >= 0.6 is 0 Å². The maximum Gasteiger partial charge on any atom is 0.119 e. The molecule has 250 valence electrons. The van der Waals surface area contributed by atoms with Crippen LogP contribution in [0, 0.1) is 0 Å². The maximum atomic E-state index is 10.3. The quantitative estimate of drug-likeness (QED) is 0.0864. The number of hydrogen-bond acceptors (Lipinski definition) is 2. The molecule has 6 heteroatoms. The fourth-order valence-electron chi connectivity index (χ4n) is 6.82. The minimum absolute atomic E-state index is 0.231. The minimum Gasteiger partial charge on any atom is -0.508 e. The zero-order valence-electron chi connectivity index (χ0n) is 28.3. The summed E-state index contributed by atoms with van der Waals surface area (Å²) in [5, 5.41) is 14.2. The van der Waals surface area contributed by atoms with E-state index in [9.17, 15) is 5.11 Å². The van der Waals surface area contributed by atoms with Crippen molar-refractivity contribution in [2.45, 2.75) is 64.7 Å². The predicted molar refractivity (Wildman–Crippen MR) is 199 cm³/mol. The summed E-state index contributed by atoms with van der Waals surface area (Å²) in [6, 6.07) is 32.7. The lowest BCUT2D eigenvalue weighted by molar-refractivity contribution is 0.304. The van der Waals surface area contributed by atoms with Crippen LogP contribution in [0.15, 0.2) is 97.1 Å². The zero-order valence-corrected chi connectivity index (χ0v) is 28.3. The van der Waals surface area contributed by atoms with Gasteiger partial charge in [-0.25, -0.2) is 0 Å². The lowest BCUT2D eigenvalue weighted by atomic mass is 10.0. The number of aromatic hydroxyl groups is 1. The van der Waals surface area contributed by atoms with Gasteiger partial charge in [0.1, 0.15) is 11.5 Å². The summed E-state index contributed by atoms with van der Waals surface area (Å²) in [6.45, 7) is 3.01. The number of benzene rings is 2. The first kappa shape index (κ1) is 32.2. The molecule has 5 N–H and O–H groups in total. The second-order valence-corrected chi connectivity index (χ2v) is 13.1. The first-order chi connectivity index (χ1) is 24.1. The van der Waals surface area contributed by atoms with E-state index in [1.165, 1.54) is 51.4 Å². The fourth-order valence-corrected chi connectivity index (χ4v) is 6.82. The van der Waals surface area contributed by atoms with Crippen molar-refractivity contribution in [2.75, 3.05) is 6.61 Å². The lowest BCUT2D eigenvalue weighted by Crippen LogP contribution is -2.15. The first-order valence-electron chi connectivity index (χ1n) is 17.9. The van der Waals surface area contributed by atoms with Crippen molar-refractivity contribution in [3.63, 3.8) is 0 Å². The third-order valence-corrected chi connectivity index (χ3v) is 9.31. The van der Waals surface area contributed by atoms with Gasteiger partial charge in [-0.15, -0.1) is 0 Å². The van der Waals surface area contributed by atoms with Gasteiger partial charge >= 0.3 is 0 Å². The number of rotatable bonds is 13. The summed E-state index contributed by atoms with van der Waals surface area (Å²) in [4.78, 5) is 14.5. The zero-order chi connectivity index (χ0) is 33.4. The largest absolute Gasteiger partial charge is 0.508 e. The molecule has 0 spiro atoms. The van der Waals surface area contributed by atoms with E-state index in [-0.39, 0.29) is 5.75 Å². The molecule has 0 saturated carbocycles. The van der Waals surface area contributed by atoms with Gasteiger partial charge in [-0.05, 0) is 102 Å². The number of unbranched alkanes of at least 4 members (excludes halogenated alkanes) is 8. The molecule has 5 heterocycles. The minimum atomic E-state index is 0.231. The third kappa shape index (κ3) is 7.86. The Bertz CT molecular complexity index is 2260. The Morgan fingerprint density at radius 2 is 1.08 bits per heavy atom. The van der Waals surface area contributed by atoms with Crippen molar-refractivity contribution < 1.29 is 9.84 Å². The van der Waals surface area contributed by atoms with E-state index in [2.05, 4.69) is 112 Å². The van der Waals surface area contributed by atoms with E-state index in [1.807, 2.05) is 12.1 Å². The molecule has 0 atom stereocenters. The highest BCUT2D eigenvalue weighted by Crippen LogP contribution is 2.26. The number of aromatic amines is 4. The Labute approximate surface area is 287 Å². The van der Waals surface area contributed by atoms with Crippen LogP contribution in [0.1, 0.15) is 98.6 Å². The smallest absolute Gasteiger partial charge is 0.119 e. The van der Waals surface area contributed by atoms with Crippen molar-refractivity contribution in [1.82, 2.24) is 19.9 Å². The van der Waals surface area contributed by atoms with E-state index in [1.54, 1.807) is 12.1 Å². The molecule has 0 fully saturated rings. The molecule has 0 amide bonds. The van der Waals surface area contributed by atoms with E-state index in [0.29, 0.717) is 0 Å². The topological polar surface area (TPSA) is 92.6 Å². The monoisotopic (exact) mass is 650 g/mol. The number of nitrogens with one attached hydrogen (secondary N) is 4. The van der Waals surface area contributed by atoms with E-state index in [0.717, 1.165) is 85.2 Å². The van der Waals surface area contributed by atoms with Gasteiger partial charge in [0.05, 0.1) is 6.61 Å².